The van der Waals surface area contributed by atoms with Gasteiger partial charge in [-0.1, -0.05) is 12.1 Å². The molecule has 0 aliphatic carbocycles. The van der Waals surface area contributed by atoms with Crippen molar-refractivity contribution >= 4 is 84.0 Å². The second kappa shape index (κ2) is 7.68. The summed E-state index contributed by atoms with van der Waals surface area (Å²) in [6, 6.07) is 7.47. The van der Waals surface area contributed by atoms with E-state index in [1.807, 2.05) is 0 Å². The van der Waals surface area contributed by atoms with Crippen LogP contribution in [-0.2, 0) is 40.5 Å². The first-order valence-corrected chi connectivity index (χ1v) is 15.4. The average molecular weight is 589 g/mol. The lowest BCUT2D eigenvalue weighted by molar-refractivity contribution is 0.480. The third kappa shape index (κ3) is 4.14. The molecule has 0 atom stereocenters. The minimum absolute atomic E-state index is 0.00367. The van der Waals surface area contributed by atoms with Crippen LogP contribution in [0, 0.1) is 0 Å². The molecule has 5 aromatic rings. The van der Waals surface area contributed by atoms with Gasteiger partial charge in [0.25, 0.3) is 40.5 Å². The Morgan fingerprint density at radius 2 is 0.811 bits per heavy atom. The molecule has 0 fully saturated rings. The molecule has 13 nitrogen and oxygen atoms in total. The van der Waals surface area contributed by atoms with Gasteiger partial charge in [0.1, 0.15) is 21.0 Å². The summed E-state index contributed by atoms with van der Waals surface area (Å²) in [4.78, 5) is -2.94. The average Bonchev–Trinajstić information content (AvgIpc) is 3.13. The Morgan fingerprint density at radius 1 is 0.459 bits per heavy atom. The summed E-state index contributed by atoms with van der Waals surface area (Å²) in [7, 11) is -19.5. The summed E-state index contributed by atoms with van der Waals surface area (Å²) in [5.41, 5.74) is -0.412. The number of benzene rings is 4. The van der Waals surface area contributed by atoms with E-state index in [1.54, 1.807) is 0 Å². The van der Waals surface area contributed by atoms with Crippen LogP contribution >= 0.6 is 0 Å². The van der Waals surface area contributed by atoms with Crippen molar-refractivity contribution in [3.63, 3.8) is 0 Å². The van der Waals surface area contributed by atoms with E-state index in [0.717, 1.165) is 48.5 Å². The van der Waals surface area contributed by atoms with E-state index in [2.05, 4.69) is 0 Å². The Labute approximate surface area is 207 Å². The standard InChI is InChI=1S/C20H12O13S4/c21-34(22,23)9-1-3-11-13(5-9)17(36(27,28)29)7-15-19(11)20-12-4-2-10(35(24,25)26)6-14(12)18(37(30,31)32)8-16(20)33-15/h1-8H,(H,21,22,23)(H,24,25,26)(H,27,28,29)(H,30,31,32). The van der Waals surface area contributed by atoms with Gasteiger partial charge in [-0.15, -0.1) is 0 Å². The van der Waals surface area contributed by atoms with Crippen LogP contribution < -0.4 is 0 Å². The zero-order valence-corrected chi connectivity index (χ0v) is 21.0. The zero-order chi connectivity index (χ0) is 27.3. The Bertz CT molecular complexity index is 2120. The summed E-state index contributed by atoms with van der Waals surface area (Å²) in [5, 5.41) is -0.479. The van der Waals surface area contributed by atoms with Crippen LogP contribution in [0.15, 0.2) is 72.5 Å². The van der Waals surface area contributed by atoms with Crippen molar-refractivity contribution in [2.24, 2.45) is 0 Å². The Hall–Kier alpha value is -3.16. The Kier molecular flexibility index (Phi) is 5.29. The van der Waals surface area contributed by atoms with Gasteiger partial charge in [-0.25, -0.2) is 0 Å². The van der Waals surface area contributed by atoms with E-state index in [0.29, 0.717) is 0 Å². The minimum atomic E-state index is -4.98. The first-order chi connectivity index (χ1) is 16.9. The number of furan rings is 1. The van der Waals surface area contributed by atoms with E-state index in [9.17, 15) is 51.9 Å². The fraction of sp³-hybridized carbons (Fsp3) is 0. The van der Waals surface area contributed by atoms with Gasteiger partial charge in [0.05, 0.1) is 9.79 Å². The van der Waals surface area contributed by atoms with Crippen molar-refractivity contribution in [2.75, 3.05) is 0 Å². The van der Waals surface area contributed by atoms with Crippen LogP contribution in [0.1, 0.15) is 0 Å². The Morgan fingerprint density at radius 3 is 1.11 bits per heavy atom. The highest BCUT2D eigenvalue weighted by Gasteiger charge is 2.26. The van der Waals surface area contributed by atoms with Gasteiger partial charge < -0.3 is 4.42 Å². The molecule has 0 radical (unpaired) electrons. The molecule has 0 unspecified atom stereocenters. The molecule has 0 bridgehead atoms. The highest BCUT2D eigenvalue weighted by molar-refractivity contribution is 7.87. The zero-order valence-electron chi connectivity index (χ0n) is 17.7. The molecule has 0 aliphatic heterocycles. The fourth-order valence-corrected chi connectivity index (χ4v) is 6.66. The maximum absolute atomic E-state index is 12.1. The fourth-order valence-electron chi connectivity index (χ4n) is 4.24. The van der Waals surface area contributed by atoms with Gasteiger partial charge in [-0.2, -0.15) is 33.7 Å². The molecule has 17 heteroatoms. The van der Waals surface area contributed by atoms with Gasteiger partial charge in [0.2, 0.25) is 0 Å². The first-order valence-electron chi connectivity index (χ1n) is 9.67. The molecule has 0 aliphatic rings. The lowest BCUT2D eigenvalue weighted by Crippen LogP contribution is -2.02. The monoisotopic (exact) mass is 588 g/mol. The minimum Gasteiger partial charge on any atom is -0.456 e. The molecule has 5 rings (SSSR count). The lowest BCUT2D eigenvalue weighted by atomic mass is 9.99. The molecule has 194 valence electrons. The summed E-state index contributed by atoms with van der Waals surface area (Å²) in [6.45, 7) is 0. The summed E-state index contributed by atoms with van der Waals surface area (Å²) < 4.78 is 139. The van der Waals surface area contributed by atoms with Crippen LogP contribution in [0.2, 0.25) is 0 Å². The summed E-state index contributed by atoms with van der Waals surface area (Å²) in [5.74, 6) is 0. The van der Waals surface area contributed by atoms with E-state index in [-0.39, 0.29) is 43.5 Å². The second-order valence-electron chi connectivity index (χ2n) is 7.91. The van der Waals surface area contributed by atoms with Gasteiger partial charge >= 0.3 is 0 Å². The summed E-state index contributed by atoms with van der Waals surface area (Å²) >= 11 is 0. The van der Waals surface area contributed by atoms with Crippen molar-refractivity contribution in [3.8, 4) is 0 Å². The lowest BCUT2D eigenvalue weighted by Gasteiger charge is -2.09. The molecule has 1 heterocycles. The van der Waals surface area contributed by atoms with Crippen molar-refractivity contribution in [1.29, 1.82) is 0 Å². The Balaban J connectivity index is 2.10. The van der Waals surface area contributed by atoms with Gasteiger partial charge in [0, 0.05) is 33.7 Å². The maximum atomic E-state index is 12.1. The highest BCUT2D eigenvalue weighted by atomic mass is 32.2. The molecule has 1 aromatic heterocycles. The molecule has 4 N–H and O–H groups in total. The van der Waals surface area contributed by atoms with Crippen molar-refractivity contribution in [2.45, 2.75) is 19.6 Å². The molecule has 0 amide bonds. The number of fused-ring (bicyclic) bond motifs is 7. The van der Waals surface area contributed by atoms with Crippen LogP contribution in [0.4, 0.5) is 0 Å². The molecule has 37 heavy (non-hydrogen) atoms. The molecular weight excluding hydrogens is 576 g/mol. The van der Waals surface area contributed by atoms with Crippen LogP contribution in [0.3, 0.4) is 0 Å². The summed E-state index contributed by atoms with van der Waals surface area (Å²) in [6.07, 6.45) is 0. The van der Waals surface area contributed by atoms with Crippen LogP contribution in [0.25, 0.3) is 43.5 Å². The predicted molar refractivity (Wildman–Crippen MR) is 128 cm³/mol. The van der Waals surface area contributed by atoms with Crippen molar-refractivity contribution < 1.29 is 56.3 Å². The number of hydrogen-bond acceptors (Lipinski definition) is 9. The van der Waals surface area contributed by atoms with Gasteiger partial charge in [-0.3, -0.25) is 18.2 Å². The highest BCUT2D eigenvalue weighted by Crippen LogP contribution is 2.43. The van der Waals surface area contributed by atoms with Gasteiger partial charge in [-0.05, 0) is 35.0 Å². The SMILES string of the molecule is O=S(=O)(O)c1ccc2c(c1)c(S(=O)(=O)O)cc1oc3cc(S(=O)(=O)O)c4cc(S(=O)(=O)O)ccc4c3c12. The normalized spacial score (nSPS) is 13.7. The van der Waals surface area contributed by atoms with E-state index < -0.39 is 60.1 Å². The van der Waals surface area contributed by atoms with E-state index in [1.165, 1.54) is 0 Å². The maximum Gasteiger partial charge on any atom is 0.295 e. The predicted octanol–water partition coefficient (Wildman–Crippen LogP) is 2.88. The first kappa shape index (κ1) is 25.5. The van der Waals surface area contributed by atoms with Crippen molar-refractivity contribution in [1.82, 2.24) is 0 Å². The number of rotatable bonds is 4. The number of hydrogen-bond donors (Lipinski definition) is 4. The second-order valence-corrected chi connectivity index (χ2v) is 13.5. The van der Waals surface area contributed by atoms with E-state index >= 15 is 0 Å². The smallest absolute Gasteiger partial charge is 0.295 e. The van der Waals surface area contributed by atoms with Gasteiger partial charge in [0.15, 0.2) is 0 Å². The quantitative estimate of drug-likeness (QED) is 0.221. The largest absolute Gasteiger partial charge is 0.456 e. The molecular formula is C20H12O13S4. The topological polar surface area (TPSA) is 231 Å². The molecule has 0 saturated carbocycles. The molecule has 0 spiro atoms. The van der Waals surface area contributed by atoms with E-state index in [4.69, 9.17) is 4.42 Å². The molecule has 0 saturated heterocycles. The third-order valence-corrected chi connectivity index (χ3v) is 9.18. The third-order valence-electron chi connectivity index (χ3n) is 5.69. The van der Waals surface area contributed by atoms with Crippen molar-refractivity contribution in [3.05, 3.63) is 48.5 Å². The molecule has 4 aromatic carbocycles. The van der Waals surface area contributed by atoms with Crippen LogP contribution in [-0.4, -0.2) is 51.9 Å². The van der Waals surface area contributed by atoms with Crippen LogP contribution in [0.5, 0.6) is 0 Å².